The predicted molar refractivity (Wildman–Crippen MR) is 79.7 cm³/mol. The SMILES string of the molecule is C=C[C@@](C)(CO)c1ccccc1.P.P.[CH3-].[Ir]. The van der Waals surface area contributed by atoms with E-state index in [4.69, 9.17) is 5.11 Å². The van der Waals surface area contributed by atoms with E-state index in [0.29, 0.717) is 0 Å². The second-order valence-electron chi connectivity index (χ2n) is 3.15. The topological polar surface area (TPSA) is 20.2 Å². The van der Waals surface area contributed by atoms with E-state index in [0.717, 1.165) is 5.56 Å². The van der Waals surface area contributed by atoms with E-state index in [1.54, 1.807) is 6.08 Å². The number of benzene rings is 1. The minimum Gasteiger partial charge on any atom is -0.395 e. The van der Waals surface area contributed by atoms with Gasteiger partial charge in [0.1, 0.15) is 0 Å². The first-order chi connectivity index (χ1) is 5.73. The van der Waals surface area contributed by atoms with E-state index >= 15 is 0 Å². The third-order valence-corrected chi connectivity index (χ3v) is 2.21. The average molecular weight is 437 g/mol. The van der Waals surface area contributed by atoms with E-state index in [2.05, 4.69) is 6.58 Å². The fraction of sp³-hybridized carbons (Fsp3) is 0.250. The van der Waals surface area contributed by atoms with Crippen molar-refractivity contribution in [3.8, 4) is 0 Å². The fourth-order valence-corrected chi connectivity index (χ4v) is 1.09. The van der Waals surface area contributed by atoms with Gasteiger partial charge in [-0.25, -0.2) is 0 Å². The molecule has 0 saturated heterocycles. The maximum absolute atomic E-state index is 9.17. The molecular weight excluding hydrogens is 414 g/mol. The van der Waals surface area contributed by atoms with Gasteiger partial charge < -0.3 is 12.5 Å². The van der Waals surface area contributed by atoms with Crippen molar-refractivity contribution in [2.24, 2.45) is 0 Å². The van der Waals surface area contributed by atoms with Gasteiger partial charge in [0, 0.05) is 25.5 Å². The van der Waals surface area contributed by atoms with Crippen molar-refractivity contribution in [1.82, 2.24) is 0 Å². The van der Waals surface area contributed by atoms with Crippen LogP contribution in [0.4, 0.5) is 0 Å². The average Bonchev–Trinajstić information content (AvgIpc) is 2.18. The Morgan fingerprint density at radius 1 is 1.25 bits per heavy atom. The molecule has 0 amide bonds. The first-order valence-electron chi connectivity index (χ1n) is 4.03. The number of hydrogen-bond donors (Lipinski definition) is 1. The van der Waals surface area contributed by atoms with E-state index < -0.39 is 0 Å². The molecule has 0 fully saturated rings. The summed E-state index contributed by atoms with van der Waals surface area (Å²) in [6, 6.07) is 9.89. The van der Waals surface area contributed by atoms with Gasteiger partial charge in [0.05, 0.1) is 6.61 Å². The van der Waals surface area contributed by atoms with Crippen LogP contribution in [0.3, 0.4) is 0 Å². The Hall–Kier alpha value is 0.429. The summed E-state index contributed by atoms with van der Waals surface area (Å²) in [7, 11) is 0. The fourth-order valence-electron chi connectivity index (χ4n) is 1.09. The molecule has 1 aromatic rings. The maximum Gasteiger partial charge on any atom is 0.0559 e. The van der Waals surface area contributed by atoms with Gasteiger partial charge in [-0.2, -0.15) is 19.8 Å². The number of rotatable bonds is 3. The third kappa shape index (κ3) is 6.24. The largest absolute Gasteiger partial charge is 0.395 e. The molecule has 0 heterocycles. The van der Waals surface area contributed by atoms with Crippen LogP contribution in [0.1, 0.15) is 12.5 Å². The van der Waals surface area contributed by atoms with E-state index in [9.17, 15) is 0 Å². The molecule has 1 aromatic carbocycles. The zero-order chi connectivity index (χ0) is 9.03. The van der Waals surface area contributed by atoms with Crippen molar-refractivity contribution in [3.05, 3.63) is 56.0 Å². The molecule has 4 heteroatoms. The summed E-state index contributed by atoms with van der Waals surface area (Å²) in [4.78, 5) is 0. The molecule has 0 aliphatic rings. The van der Waals surface area contributed by atoms with Gasteiger partial charge in [0.15, 0.2) is 0 Å². The van der Waals surface area contributed by atoms with Gasteiger partial charge in [-0.05, 0) is 12.5 Å². The third-order valence-electron chi connectivity index (χ3n) is 2.21. The summed E-state index contributed by atoms with van der Waals surface area (Å²) >= 11 is 0. The molecule has 0 aromatic heterocycles. The van der Waals surface area contributed by atoms with Crippen LogP contribution in [0.15, 0.2) is 43.0 Å². The molecule has 0 aliphatic heterocycles. The number of hydrogen-bond acceptors (Lipinski definition) is 1. The Balaban J connectivity index is -0.000000180. The van der Waals surface area contributed by atoms with Crippen molar-refractivity contribution in [3.63, 3.8) is 0 Å². The predicted octanol–water partition coefficient (Wildman–Crippen LogP) is 2.69. The Kier molecular flexibility index (Phi) is 18.8. The zero-order valence-electron chi connectivity index (χ0n) is 10.1. The van der Waals surface area contributed by atoms with Crippen LogP contribution in [0.5, 0.6) is 0 Å². The molecule has 97 valence electrons. The van der Waals surface area contributed by atoms with Crippen molar-refractivity contribution in [2.75, 3.05) is 6.61 Å². The standard InChI is InChI=1S/C11H14O.CH3.Ir.2H3P/c1-3-11(2,9-12)10-7-5-4-6-8-10;;;;/h3-8,12H,1,9H2,2H3;1H3;;2*1H3/q;-1;;;/t11-;;;;/m0..../s1. The van der Waals surface area contributed by atoms with E-state index in [-0.39, 0.29) is 59.4 Å². The van der Waals surface area contributed by atoms with Crippen molar-refractivity contribution < 1.29 is 25.2 Å². The molecule has 1 nitrogen and oxygen atoms in total. The van der Waals surface area contributed by atoms with Gasteiger partial charge >= 0.3 is 0 Å². The molecule has 1 rings (SSSR count). The van der Waals surface area contributed by atoms with Crippen LogP contribution in [0.25, 0.3) is 0 Å². The maximum atomic E-state index is 9.17. The molecule has 1 radical (unpaired) electrons. The van der Waals surface area contributed by atoms with Gasteiger partial charge in [-0.15, -0.1) is 6.58 Å². The quantitative estimate of drug-likeness (QED) is 0.438. The summed E-state index contributed by atoms with van der Waals surface area (Å²) in [5.74, 6) is 0. The van der Waals surface area contributed by atoms with Gasteiger partial charge in [0.2, 0.25) is 0 Å². The number of aliphatic hydroxyl groups excluding tert-OH is 1. The van der Waals surface area contributed by atoms with Gasteiger partial charge in [-0.3, -0.25) is 0 Å². The zero-order valence-corrected chi connectivity index (χ0v) is 15.3. The Morgan fingerprint density at radius 3 is 2.00 bits per heavy atom. The minimum atomic E-state index is -0.304. The van der Waals surface area contributed by atoms with Crippen molar-refractivity contribution >= 4 is 19.8 Å². The summed E-state index contributed by atoms with van der Waals surface area (Å²) in [6.45, 7) is 5.79. The summed E-state index contributed by atoms with van der Waals surface area (Å²) < 4.78 is 0. The van der Waals surface area contributed by atoms with Crippen LogP contribution >= 0.6 is 19.8 Å². The smallest absolute Gasteiger partial charge is 0.0559 e. The molecule has 0 spiro atoms. The Labute approximate surface area is 120 Å². The summed E-state index contributed by atoms with van der Waals surface area (Å²) in [5, 5.41) is 9.17. The molecule has 0 saturated carbocycles. The van der Waals surface area contributed by atoms with Crippen molar-refractivity contribution in [1.29, 1.82) is 0 Å². The molecule has 3 atom stereocenters. The molecule has 1 N–H and O–H groups in total. The molecule has 16 heavy (non-hydrogen) atoms. The molecule has 0 aliphatic carbocycles. The normalized spacial score (nSPS) is 11.4. The number of aliphatic hydroxyl groups is 1. The monoisotopic (exact) mass is 438 g/mol. The van der Waals surface area contributed by atoms with E-state index in [1.807, 2.05) is 37.3 Å². The Morgan fingerprint density at radius 2 is 1.69 bits per heavy atom. The van der Waals surface area contributed by atoms with E-state index in [1.165, 1.54) is 0 Å². The molecule has 2 unspecified atom stereocenters. The first kappa shape index (κ1) is 25.3. The molecular formula is C12H23IrOP2-. The molecule has 0 bridgehead atoms. The minimum absolute atomic E-state index is 0. The van der Waals surface area contributed by atoms with Crippen LogP contribution < -0.4 is 0 Å². The Bertz CT molecular complexity index is 267. The van der Waals surface area contributed by atoms with Crippen molar-refractivity contribution in [2.45, 2.75) is 12.3 Å². The van der Waals surface area contributed by atoms with Gasteiger partial charge in [-0.1, -0.05) is 36.4 Å². The van der Waals surface area contributed by atoms with Crippen LogP contribution in [0, 0.1) is 7.43 Å². The van der Waals surface area contributed by atoms with Crippen LogP contribution in [0.2, 0.25) is 0 Å². The van der Waals surface area contributed by atoms with Gasteiger partial charge in [0.25, 0.3) is 0 Å². The van der Waals surface area contributed by atoms with Crippen LogP contribution in [-0.2, 0) is 25.5 Å². The first-order valence-corrected chi connectivity index (χ1v) is 4.03. The summed E-state index contributed by atoms with van der Waals surface area (Å²) in [6.07, 6.45) is 1.78. The van der Waals surface area contributed by atoms with Crippen LogP contribution in [-0.4, -0.2) is 11.7 Å². The second-order valence-corrected chi connectivity index (χ2v) is 3.15. The second kappa shape index (κ2) is 11.9. The summed E-state index contributed by atoms with van der Waals surface area (Å²) in [5.41, 5.74) is 0.795.